The first-order chi connectivity index (χ1) is 21.4. The Morgan fingerprint density at radius 2 is 1.84 bits per heavy atom. The minimum atomic E-state index is -0.852. The van der Waals surface area contributed by atoms with E-state index < -0.39 is 12.0 Å². The molecule has 1 saturated heterocycles. The first kappa shape index (κ1) is 29.9. The molecule has 4 heterocycles. The van der Waals surface area contributed by atoms with Gasteiger partial charge >= 0.3 is 5.97 Å². The minimum absolute atomic E-state index is 0.159. The summed E-state index contributed by atoms with van der Waals surface area (Å²) in [5.74, 6) is 1.62. The van der Waals surface area contributed by atoms with Gasteiger partial charge < -0.3 is 28.3 Å². The molecule has 44 heavy (non-hydrogen) atoms. The van der Waals surface area contributed by atoms with Crippen molar-refractivity contribution in [3.63, 3.8) is 0 Å². The van der Waals surface area contributed by atoms with Gasteiger partial charge in [0.1, 0.15) is 5.76 Å². The fourth-order valence-corrected chi connectivity index (χ4v) is 6.88. The summed E-state index contributed by atoms with van der Waals surface area (Å²) >= 11 is 4.83. The molecule has 0 spiro atoms. The maximum Gasteiger partial charge on any atom is 0.338 e. The monoisotopic (exact) mass is 679 g/mol. The maximum atomic E-state index is 14.2. The Labute approximate surface area is 265 Å². The molecular formula is C32H30BrN3O7S. The number of morpholine rings is 1. The van der Waals surface area contributed by atoms with Crippen molar-refractivity contribution in [2.75, 3.05) is 52.0 Å². The average Bonchev–Trinajstić information content (AvgIpc) is 3.58. The Morgan fingerprint density at radius 1 is 1.09 bits per heavy atom. The SMILES string of the molecule is CCOC(=O)C1=C(c2ccccc2)N=c2sc(=Cc3cc(Br)c(N4CCOCC4)o3)c(=O)n2C1c1ccc(OC)c(OC)c1. The fourth-order valence-electron chi connectivity index (χ4n) is 5.34. The van der Waals surface area contributed by atoms with E-state index in [0.717, 1.165) is 10.0 Å². The van der Waals surface area contributed by atoms with Gasteiger partial charge in [0.15, 0.2) is 16.3 Å². The van der Waals surface area contributed by atoms with Crippen molar-refractivity contribution in [2.24, 2.45) is 4.99 Å². The van der Waals surface area contributed by atoms with E-state index in [1.807, 2.05) is 42.5 Å². The number of fused-ring (bicyclic) bond motifs is 1. The summed E-state index contributed by atoms with van der Waals surface area (Å²) in [5.41, 5.74) is 1.73. The molecule has 1 atom stereocenters. The quantitative estimate of drug-likeness (QED) is 0.256. The van der Waals surface area contributed by atoms with Gasteiger partial charge in [-0.25, -0.2) is 9.79 Å². The molecule has 2 aliphatic heterocycles. The maximum absolute atomic E-state index is 14.2. The topological polar surface area (TPSA) is 105 Å². The van der Waals surface area contributed by atoms with Crippen LogP contribution in [0.15, 0.2) is 78.8 Å². The summed E-state index contributed by atoms with van der Waals surface area (Å²) in [5, 5.41) is 0. The number of nitrogens with zero attached hydrogens (tertiary/aromatic N) is 3. The van der Waals surface area contributed by atoms with E-state index in [9.17, 15) is 9.59 Å². The summed E-state index contributed by atoms with van der Waals surface area (Å²) in [6.07, 6.45) is 1.71. The number of methoxy groups -OCH3 is 2. The van der Waals surface area contributed by atoms with Crippen molar-refractivity contribution in [3.8, 4) is 11.5 Å². The predicted octanol–water partition coefficient (Wildman–Crippen LogP) is 4.14. The number of halogens is 1. The van der Waals surface area contributed by atoms with Crippen LogP contribution < -0.4 is 29.3 Å². The number of carbonyl (C=O) groups excluding carboxylic acids is 1. The first-order valence-electron chi connectivity index (χ1n) is 14.1. The Hall–Kier alpha value is -4.13. The third-order valence-electron chi connectivity index (χ3n) is 7.36. The molecule has 0 saturated carbocycles. The predicted molar refractivity (Wildman–Crippen MR) is 170 cm³/mol. The highest BCUT2D eigenvalue weighted by atomic mass is 79.9. The second kappa shape index (κ2) is 12.8. The van der Waals surface area contributed by atoms with E-state index in [0.29, 0.717) is 70.0 Å². The number of carbonyl (C=O) groups is 1. The van der Waals surface area contributed by atoms with Crippen LogP contribution in [-0.2, 0) is 14.3 Å². The summed E-state index contributed by atoms with van der Waals surface area (Å²) in [6.45, 7) is 4.55. The molecule has 0 bridgehead atoms. The fraction of sp³-hybridized carbons (Fsp3) is 0.281. The lowest BCUT2D eigenvalue weighted by atomic mass is 9.93. The second-order valence-electron chi connectivity index (χ2n) is 9.95. The number of thiazole rings is 1. The van der Waals surface area contributed by atoms with Crippen molar-refractivity contribution in [1.82, 2.24) is 4.57 Å². The van der Waals surface area contributed by atoms with Gasteiger partial charge in [-0.2, -0.15) is 0 Å². The van der Waals surface area contributed by atoms with E-state index >= 15 is 0 Å². The normalized spacial score (nSPS) is 16.9. The molecule has 2 aromatic carbocycles. The number of rotatable bonds is 8. The van der Waals surface area contributed by atoms with Gasteiger partial charge in [-0.15, -0.1) is 0 Å². The standard InChI is InChI=1S/C32H30BrN3O7S/c1-4-42-31(38)26-27(19-8-6-5-7-9-19)34-32-36(28(26)20-10-11-23(39-2)24(16-20)40-3)29(37)25(44-32)18-21-17-22(33)30(43-21)35-12-14-41-15-13-35/h5-11,16-18,28H,4,12-15H2,1-3H3. The van der Waals surface area contributed by atoms with Gasteiger partial charge in [-0.3, -0.25) is 9.36 Å². The van der Waals surface area contributed by atoms with E-state index in [1.165, 1.54) is 23.0 Å². The van der Waals surface area contributed by atoms with Crippen LogP contribution in [0.3, 0.4) is 0 Å². The van der Waals surface area contributed by atoms with Gasteiger partial charge in [-0.05, 0) is 40.5 Å². The minimum Gasteiger partial charge on any atom is -0.493 e. The van der Waals surface area contributed by atoms with Crippen LogP contribution >= 0.6 is 27.3 Å². The van der Waals surface area contributed by atoms with Crippen LogP contribution in [0, 0.1) is 0 Å². The zero-order chi connectivity index (χ0) is 30.8. The zero-order valence-corrected chi connectivity index (χ0v) is 26.8. The summed E-state index contributed by atoms with van der Waals surface area (Å²) in [7, 11) is 3.09. The van der Waals surface area contributed by atoms with Crippen molar-refractivity contribution in [1.29, 1.82) is 0 Å². The molecule has 0 N–H and O–H groups in total. The Kier molecular flexibility index (Phi) is 8.74. The number of furan rings is 1. The number of anilines is 1. The lowest BCUT2D eigenvalue weighted by Crippen LogP contribution is -2.40. The number of esters is 1. The first-order valence-corrected chi connectivity index (χ1v) is 15.7. The largest absolute Gasteiger partial charge is 0.493 e. The molecule has 2 aliphatic rings. The highest BCUT2D eigenvalue weighted by Crippen LogP contribution is 2.38. The van der Waals surface area contributed by atoms with Crippen LogP contribution in [0.1, 0.15) is 29.9 Å². The van der Waals surface area contributed by atoms with Crippen LogP contribution in [0.5, 0.6) is 11.5 Å². The Balaban J connectivity index is 1.57. The third-order valence-corrected chi connectivity index (χ3v) is 8.91. The molecule has 0 radical (unpaired) electrons. The van der Waals surface area contributed by atoms with E-state index in [-0.39, 0.29) is 17.7 Å². The summed E-state index contributed by atoms with van der Waals surface area (Å²) in [6, 6.07) is 15.7. The number of benzene rings is 2. The lowest BCUT2D eigenvalue weighted by Gasteiger charge is -2.26. The molecule has 0 amide bonds. The second-order valence-corrected chi connectivity index (χ2v) is 11.8. The molecule has 4 aromatic rings. The Bertz CT molecular complexity index is 1910. The molecule has 2 aromatic heterocycles. The highest BCUT2D eigenvalue weighted by Gasteiger charge is 2.35. The van der Waals surface area contributed by atoms with Crippen molar-refractivity contribution >= 4 is 50.9 Å². The van der Waals surface area contributed by atoms with Crippen molar-refractivity contribution in [2.45, 2.75) is 13.0 Å². The van der Waals surface area contributed by atoms with Gasteiger partial charge in [0.25, 0.3) is 5.56 Å². The molecule has 6 rings (SSSR count). The van der Waals surface area contributed by atoms with E-state index in [4.69, 9.17) is 28.4 Å². The number of hydrogen-bond acceptors (Lipinski definition) is 10. The highest BCUT2D eigenvalue weighted by molar-refractivity contribution is 9.10. The number of hydrogen-bond donors (Lipinski definition) is 0. The van der Waals surface area contributed by atoms with Crippen molar-refractivity contribution in [3.05, 3.63) is 101 Å². The molecular weight excluding hydrogens is 650 g/mol. The van der Waals surface area contributed by atoms with Gasteiger partial charge in [-0.1, -0.05) is 47.7 Å². The summed E-state index contributed by atoms with van der Waals surface area (Å²) < 4.78 is 31.0. The van der Waals surface area contributed by atoms with Gasteiger partial charge in [0.05, 0.1) is 60.4 Å². The number of aromatic nitrogens is 1. The van der Waals surface area contributed by atoms with Gasteiger partial charge in [0, 0.05) is 30.8 Å². The lowest BCUT2D eigenvalue weighted by molar-refractivity contribution is -0.138. The molecule has 1 unspecified atom stereocenters. The number of ether oxygens (including phenoxy) is 4. The van der Waals surface area contributed by atoms with E-state index in [1.54, 1.807) is 32.2 Å². The molecule has 228 valence electrons. The molecule has 12 heteroatoms. The smallest absolute Gasteiger partial charge is 0.338 e. The van der Waals surface area contributed by atoms with Crippen LogP contribution in [0.25, 0.3) is 11.8 Å². The zero-order valence-electron chi connectivity index (χ0n) is 24.4. The van der Waals surface area contributed by atoms with Crippen molar-refractivity contribution < 1.29 is 28.2 Å². The molecule has 0 aliphatic carbocycles. The van der Waals surface area contributed by atoms with Crippen LogP contribution in [0.2, 0.25) is 0 Å². The van der Waals surface area contributed by atoms with Crippen LogP contribution in [-0.4, -0.2) is 57.7 Å². The average molecular weight is 681 g/mol. The van der Waals surface area contributed by atoms with E-state index in [2.05, 4.69) is 20.8 Å². The Morgan fingerprint density at radius 3 is 2.55 bits per heavy atom. The third kappa shape index (κ3) is 5.60. The molecule has 10 nitrogen and oxygen atoms in total. The molecule has 1 fully saturated rings. The van der Waals surface area contributed by atoms with Gasteiger partial charge in [0.2, 0.25) is 5.88 Å². The van der Waals surface area contributed by atoms with Crippen LogP contribution in [0.4, 0.5) is 5.88 Å². The summed E-state index contributed by atoms with van der Waals surface area (Å²) in [4.78, 5) is 35.3.